The number of hydrogen-bond donors (Lipinski definition) is 4. The minimum Gasteiger partial charge on any atom is -0.868 e. The van der Waals surface area contributed by atoms with Crippen LogP contribution >= 0.6 is 12.4 Å². The van der Waals surface area contributed by atoms with E-state index in [4.69, 9.17) is 0 Å². The van der Waals surface area contributed by atoms with Crippen molar-refractivity contribution in [3.63, 3.8) is 0 Å². The third-order valence-electron chi connectivity index (χ3n) is 3.99. The molecule has 2 aromatic rings. The second-order valence-electron chi connectivity index (χ2n) is 5.35. The van der Waals surface area contributed by atoms with Gasteiger partial charge in [-0.2, -0.15) is 4.57 Å². The van der Waals surface area contributed by atoms with Crippen molar-refractivity contribution in [2.24, 2.45) is 0 Å². The van der Waals surface area contributed by atoms with E-state index in [1.165, 1.54) is 6.20 Å². The Balaban J connectivity index is 0.00000288. The molecule has 24 heavy (non-hydrogen) atoms. The lowest BCUT2D eigenvalue weighted by Crippen LogP contribution is -2.40. The first-order valence-electron chi connectivity index (χ1n) is 7.15. The molecule has 0 fully saturated rings. The molecular weight excluding hydrogens is 336 g/mol. The zero-order chi connectivity index (χ0) is 17.1. The van der Waals surface area contributed by atoms with E-state index in [0.29, 0.717) is 28.1 Å². The highest BCUT2D eigenvalue weighted by molar-refractivity contribution is 5.85. The van der Waals surface area contributed by atoms with Crippen LogP contribution in [0.2, 0.25) is 0 Å². The molecule has 7 nitrogen and oxygen atoms in total. The van der Waals surface area contributed by atoms with Crippen molar-refractivity contribution in [2.75, 3.05) is 0 Å². The lowest BCUT2D eigenvalue weighted by atomic mass is 10.1. The van der Waals surface area contributed by atoms with Crippen molar-refractivity contribution >= 4 is 12.4 Å². The summed E-state index contributed by atoms with van der Waals surface area (Å²) in [6.45, 7) is 2.29. The molecule has 8 heteroatoms. The summed E-state index contributed by atoms with van der Waals surface area (Å²) >= 11 is 0. The first-order valence-corrected chi connectivity index (χ1v) is 7.15. The Morgan fingerprint density at radius 1 is 1.04 bits per heavy atom. The zero-order valence-electron chi connectivity index (χ0n) is 13.5. The van der Waals surface area contributed by atoms with Gasteiger partial charge in [0.05, 0.1) is 25.5 Å². The Morgan fingerprint density at radius 3 is 2.21 bits per heavy atom. The van der Waals surface area contributed by atoms with Gasteiger partial charge in [-0.1, -0.05) is 0 Å². The number of hydrogen-bond acceptors (Lipinski definition) is 6. The second kappa shape index (κ2) is 8.25. The lowest BCUT2D eigenvalue weighted by Gasteiger charge is -2.18. The highest BCUT2D eigenvalue weighted by Gasteiger charge is 2.19. The predicted octanol–water partition coefficient (Wildman–Crippen LogP) is -0.288. The molecule has 0 radical (unpaired) electrons. The summed E-state index contributed by atoms with van der Waals surface area (Å²) in [5, 5.41) is 50.4. The van der Waals surface area contributed by atoms with Crippen molar-refractivity contribution < 1.29 is 30.1 Å². The summed E-state index contributed by atoms with van der Waals surface area (Å²) in [6, 6.07) is 0. The Bertz CT molecular complexity index is 737. The average molecular weight is 357 g/mol. The summed E-state index contributed by atoms with van der Waals surface area (Å²) in [4.78, 5) is 4.07. The summed E-state index contributed by atoms with van der Waals surface area (Å²) in [5.41, 5.74) is 2.25. The third-order valence-corrected chi connectivity index (χ3v) is 3.99. The maximum absolute atomic E-state index is 12.3. The molecule has 0 amide bonds. The zero-order valence-corrected chi connectivity index (χ0v) is 14.3. The fourth-order valence-electron chi connectivity index (χ4n) is 2.51. The van der Waals surface area contributed by atoms with Gasteiger partial charge < -0.3 is 25.5 Å². The average Bonchev–Trinajstić information content (AvgIpc) is 2.55. The van der Waals surface area contributed by atoms with E-state index in [-0.39, 0.29) is 49.2 Å². The van der Waals surface area contributed by atoms with Gasteiger partial charge in [-0.3, -0.25) is 4.98 Å². The number of pyridine rings is 2. The first kappa shape index (κ1) is 20.1. The predicted molar refractivity (Wildman–Crippen MR) is 85.6 cm³/mol. The SMILES string of the molecule is Cc1ncc(C[n+]2cc(CO)c(CO)c([O-])c2C)c(CO)c1O.Cl. The van der Waals surface area contributed by atoms with Gasteiger partial charge in [0.15, 0.2) is 18.4 Å². The number of aliphatic hydroxyl groups is 3. The van der Waals surface area contributed by atoms with Crippen molar-refractivity contribution in [2.45, 2.75) is 40.2 Å². The van der Waals surface area contributed by atoms with Crippen molar-refractivity contribution in [1.29, 1.82) is 0 Å². The molecule has 2 aromatic heterocycles. The van der Waals surface area contributed by atoms with E-state index >= 15 is 0 Å². The number of nitrogens with zero attached hydrogens (tertiary/aromatic N) is 2. The van der Waals surface area contributed by atoms with E-state index in [1.807, 2.05) is 0 Å². The topological polar surface area (TPSA) is 121 Å². The van der Waals surface area contributed by atoms with Gasteiger partial charge in [-0.05, 0) is 18.2 Å². The third kappa shape index (κ3) is 3.59. The van der Waals surface area contributed by atoms with Gasteiger partial charge in [-0.25, -0.2) is 0 Å². The molecule has 0 aliphatic carbocycles. The van der Waals surface area contributed by atoms with Crippen molar-refractivity contribution in [3.8, 4) is 11.5 Å². The second-order valence-corrected chi connectivity index (χ2v) is 5.35. The lowest BCUT2D eigenvalue weighted by molar-refractivity contribution is -0.697. The van der Waals surface area contributed by atoms with Gasteiger partial charge in [-0.15, -0.1) is 12.4 Å². The molecule has 0 bridgehead atoms. The standard InChI is InChI=1S/C16H20N2O5.ClH/c1-9-15(22)13(7-20)11(3-17-9)4-18-5-12(6-19)14(8-21)16(23)10(18)2;/h3,5,19-21H,4,6-8H2,1-2H3,(H-,22,23);1H. The minimum absolute atomic E-state index is 0. The van der Waals surface area contributed by atoms with Crippen molar-refractivity contribution in [1.82, 2.24) is 4.98 Å². The van der Waals surface area contributed by atoms with Gasteiger partial charge >= 0.3 is 0 Å². The minimum atomic E-state index is -0.439. The van der Waals surface area contributed by atoms with E-state index in [0.717, 1.165) is 0 Å². The van der Waals surface area contributed by atoms with Gasteiger partial charge in [0.2, 0.25) is 0 Å². The number of aromatic nitrogens is 2. The molecule has 0 aromatic carbocycles. The van der Waals surface area contributed by atoms with Crippen LogP contribution in [-0.4, -0.2) is 25.4 Å². The van der Waals surface area contributed by atoms with E-state index in [2.05, 4.69) is 4.98 Å². The molecule has 0 atom stereocenters. The van der Waals surface area contributed by atoms with Crippen LogP contribution in [-0.2, 0) is 26.4 Å². The Labute approximate surface area is 145 Å². The van der Waals surface area contributed by atoms with Crippen LogP contribution in [0.5, 0.6) is 11.5 Å². The molecule has 2 rings (SSSR count). The van der Waals surface area contributed by atoms with Crippen LogP contribution < -0.4 is 9.67 Å². The van der Waals surface area contributed by atoms with E-state index < -0.39 is 6.61 Å². The van der Waals surface area contributed by atoms with Gasteiger partial charge in [0.1, 0.15) is 5.75 Å². The van der Waals surface area contributed by atoms with Crippen LogP contribution in [0.3, 0.4) is 0 Å². The van der Waals surface area contributed by atoms with Crippen LogP contribution in [0.4, 0.5) is 0 Å². The maximum Gasteiger partial charge on any atom is 0.176 e. The molecule has 0 saturated heterocycles. The van der Waals surface area contributed by atoms with Gasteiger partial charge in [0, 0.05) is 29.8 Å². The fraction of sp³-hybridized carbons (Fsp3) is 0.375. The summed E-state index contributed by atoms with van der Waals surface area (Å²) < 4.78 is 1.61. The van der Waals surface area contributed by atoms with Crippen LogP contribution in [0, 0.1) is 13.8 Å². The highest BCUT2D eigenvalue weighted by atomic mass is 35.5. The highest BCUT2D eigenvalue weighted by Crippen LogP contribution is 2.25. The smallest absolute Gasteiger partial charge is 0.176 e. The molecule has 0 unspecified atom stereocenters. The molecule has 0 saturated carbocycles. The van der Waals surface area contributed by atoms with E-state index in [1.54, 1.807) is 24.6 Å². The number of halogens is 1. The maximum atomic E-state index is 12.3. The van der Waals surface area contributed by atoms with Gasteiger partial charge in [0.25, 0.3) is 0 Å². The number of aliphatic hydroxyl groups excluding tert-OH is 3. The fourth-order valence-corrected chi connectivity index (χ4v) is 2.51. The summed E-state index contributed by atoms with van der Waals surface area (Å²) in [7, 11) is 0. The molecule has 0 aliphatic rings. The Hall–Kier alpha value is -1.93. The molecule has 0 aliphatic heterocycles. The first-order chi connectivity index (χ1) is 10.9. The molecule has 132 valence electrons. The molecule has 2 heterocycles. The van der Waals surface area contributed by atoms with E-state index in [9.17, 15) is 25.5 Å². The number of rotatable bonds is 5. The monoisotopic (exact) mass is 356 g/mol. The molecule has 0 spiro atoms. The Kier molecular flexibility index (Phi) is 6.92. The molecule has 4 N–H and O–H groups in total. The van der Waals surface area contributed by atoms with Crippen LogP contribution in [0.1, 0.15) is 33.6 Å². The largest absolute Gasteiger partial charge is 0.868 e. The van der Waals surface area contributed by atoms with Crippen molar-refractivity contribution in [3.05, 3.63) is 46.0 Å². The Morgan fingerprint density at radius 2 is 1.67 bits per heavy atom. The summed E-state index contributed by atoms with van der Waals surface area (Å²) in [5.74, 6) is -0.408. The number of aromatic hydroxyl groups is 1. The van der Waals surface area contributed by atoms with Crippen LogP contribution in [0.15, 0.2) is 12.4 Å². The summed E-state index contributed by atoms with van der Waals surface area (Å²) in [6.07, 6.45) is 3.12. The van der Waals surface area contributed by atoms with Crippen LogP contribution in [0.25, 0.3) is 0 Å². The quantitative estimate of drug-likeness (QED) is 0.546. The number of aryl methyl sites for hydroxylation is 1. The normalized spacial score (nSPS) is 10.5. The molecular formula is C16H21ClN2O5.